The SMILES string of the molecule is CC(C)C(N)CCN(C)C(=O)CN(C)S(=O)(=O)c1cccc([N+](=O)[O-])c1. The second kappa shape index (κ2) is 9.06. The Kier molecular flexibility index (Phi) is 7.67. The van der Waals surface area contributed by atoms with E-state index in [1.165, 1.54) is 30.1 Å². The number of hydrogen-bond acceptors (Lipinski definition) is 6. The Morgan fingerprint density at radius 3 is 2.46 bits per heavy atom. The second-order valence-electron chi connectivity index (χ2n) is 6.53. The number of carbonyl (C=O) groups is 1. The molecule has 0 aromatic heterocycles. The molecule has 0 heterocycles. The third-order valence-electron chi connectivity index (χ3n) is 4.17. The third kappa shape index (κ3) is 5.75. The molecule has 10 heteroatoms. The highest BCUT2D eigenvalue weighted by molar-refractivity contribution is 7.89. The fourth-order valence-electron chi connectivity index (χ4n) is 2.13. The predicted octanol–water partition coefficient (Wildman–Crippen LogP) is 1.05. The van der Waals surface area contributed by atoms with Gasteiger partial charge in [0.15, 0.2) is 0 Å². The molecule has 26 heavy (non-hydrogen) atoms. The Morgan fingerprint density at radius 2 is 1.92 bits per heavy atom. The zero-order chi connectivity index (χ0) is 20.1. The van der Waals surface area contributed by atoms with Crippen LogP contribution < -0.4 is 5.73 Å². The van der Waals surface area contributed by atoms with Crippen molar-refractivity contribution in [2.75, 3.05) is 27.2 Å². The van der Waals surface area contributed by atoms with Crippen LogP contribution in [-0.2, 0) is 14.8 Å². The van der Waals surface area contributed by atoms with E-state index in [-0.39, 0.29) is 35.0 Å². The van der Waals surface area contributed by atoms with Crippen LogP contribution in [0.2, 0.25) is 0 Å². The Morgan fingerprint density at radius 1 is 1.31 bits per heavy atom. The molecule has 0 saturated heterocycles. The Labute approximate surface area is 154 Å². The second-order valence-corrected chi connectivity index (χ2v) is 8.57. The van der Waals surface area contributed by atoms with E-state index in [1.54, 1.807) is 7.05 Å². The van der Waals surface area contributed by atoms with Crippen LogP contribution >= 0.6 is 0 Å². The quantitative estimate of drug-likeness (QED) is 0.499. The number of carbonyl (C=O) groups excluding carboxylic acids is 1. The number of non-ortho nitro benzene ring substituents is 1. The minimum atomic E-state index is -4.01. The summed E-state index contributed by atoms with van der Waals surface area (Å²) in [7, 11) is -1.16. The standard InChI is InChI=1S/C16H26N4O5S/c1-12(2)15(17)8-9-18(3)16(21)11-19(4)26(24,25)14-7-5-6-13(10-14)20(22)23/h5-7,10,12,15H,8-9,11,17H2,1-4H3. The summed E-state index contributed by atoms with van der Waals surface area (Å²) < 4.78 is 25.9. The van der Waals surface area contributed by atoms with Crippen molar-refractivity contribution in [1.29, 1.82) is 0 Å². The number of rotatable bonds is 9. The van der Waals surface area contributed by atoms with Crippen LogP contribution in [0.3, 0.4) is 0 Å². The van der Waals surface area contributed by atoms with Crippen molar-refractivity contribution in [3.63, 3.8) is 0 Å². The Bertz CT molecular complexity index is 751. The van der Waals surface area contributed by atoms with Gasteiger partial charge >= 0.3 is 0 Å². The molecule has 0 bridgehead atoms. The molecule has 0 aliphatic carbocycles. The maximum atomic E-state index is 12.5. The summed E-state index contributed by atoms with van der Waals surface area (Å²) in [4.78, 5) is 23.6. The molecule has 0 aliphatic rings. The molecular weight excluding hydrogens is 360 g/mol. The van der Waals surface area contributed by atoms with Crippen molar-refractivity contribution < 1.29 is 18.1 Å². The lowest BCUT2D eigenvalue weighted by molar-refractivity contribution is -0.385. The van der Waals surface area contributed by atoms with Crippen LogP contribution in [0, 0.1) is 16.0 Å². The zero-order valence-corrected chi connectivity index (χ0v) is 16.3. The summed E-state index contributed by atoms with van der Waals surface area (Å²) in [6.07, 6.45) is 0.612. The van der Waals surface area contributed by atoms with E-state index in [9.17, 15) is 23.3 Å². The molecule has 0 spiro atoms. The minimum Gasteiger partial charge on any atom is -0.345 e. The van der Waals surface area contributed by atoms with E-state index < -0.39 is 14.9 Å². The van der Waals surface area contributed by atoms with Gasteiger partial charge in [-0.3, -0.25) is 14.9 Å². The summed E-state index contributed by atoms with van der Waals surface area (Å²) in [5.41, 5.74) is 5.62. The van der Waals surface area contributed by atoms with E-state index in [0.717, 1.165) is 10.4 Å². The molecule has 146 valence electrons. The summed E-state index contributed by atoms with van der Waals surface area (Å²) in [6.45, 7) is 4.04. The molecule has 1 unspecified atom stereocenters. The smallest absolute Gasteiger partial charge is 0.270 e. The van der Waals surface area contributed by atoms with Crippen LogP contribution in [0.25, 0.3) is 0 Å². The van der Waals surface area contributed by atoms with Gasteiger partial charge in [-0.1, -0.05) is 19.9 Å². The number of likely N-dealkylation sites (N-methyl/N-ethyl adjacent to an activating group) is 2. The number of amides is 1. The largest absolute Gasteiger partial charge is 0.345 e. The van der Waals surface area contributed by atoms with Crippen LogP contribution in [0.1, 0.15) is 20.3 Å². The van der Waals surface area contributed by atoms with Crippen LogP contribution in [0.5, 0.6) is 0 Å². The van der Waals surface area contributed by atoms with E-state index >= 15 is 0 Å². The van der Waals surface area contributed by atoms with E-state index in [1.807, 2.05) is 13.8 Å². The molecule has 0 fully saturated rings. The van der Waals surface area contributed by atoms with Crippen molar-refractivity contribution in [2.45, 2.75) is 31.2 Å². The lowest BCUT2D eigenvalue weighted by Crippen LogP contribution is -2.41. The Hall–Kier alpha value is -2.04. The zero-order valence-electron chi connectivity index (χ0n) is 15.5. The average molecular weight is 386 g/mol. The van der Waals surface area contributed by atoms with Crippen molar-refractivity contribution >= 4 is 21.6 Å². The summed E-state index contributed by atoms with van der Waals surface area (Å²) >= 11 is 0. The average Bonchev–Trinajstić information content (AvgIpc) is 2.58. The number of sulfonamides is 1. The highest BCUT2D eigenvalue weighted by Gasteiger charge is 2.26. The number of nitro benzene ring substituents is 1. The van der Waals surface area contributed by atoms with Crippen LogP contribution in [-0.4, -0.2) is 61.7 Å². The number of nitrogens with two attached hydrogens (primary N) is 1. The highest BCUT2D eigenvalue weighted by atomic mass is 32.2. The van der Waals surface area contributed by atoms with Gasteiger partial charge in [-0.15, -0.1) is 0 Å². The van der Waals surface area contributed by atoms with Gasteiger partial charge < -0.3 is 10.6 Å². The fraction of sp³-hybridized carbons (Fsp3) is 0.562. The van der Waals surface area contributed by atoms with Gasteiger partial charge in [-0.05, 0) is 18.4 Å². The van der Waals surface area contributed by atoms with Gasteiger partial charge in [0.2, 0.25) is 15.9 Å². The molecule has 9 nitrogen and oxygen atoms in total. The van der Waals surface area contributed by atoms with Crippen LogP contribution in [0.4, 0.5) is 5.69 Å². The molecule has 1 atom stereocenters. The minimum absolute atomic E-state index is 0.0448. The first kappa shape index (κ1) is 22.0. The lowest BCUT2D eigenvalue weighted by Gasteiger charge is -2.24. The lowest BCUT2D eigenvalue weighted by atomic mass is 10.0. The molecule has 0 saturated carbocycles. The molecule has 1 rings (SSSR count). The fourth-order valence-corrected chi connectivity index (χ4v) is 3.29. The normalized spacial score (nSPS) is 13.0. The van der Waals surface area contributed by atoms with Crippen molar-refractivity contribution in [2.24, 2.45) is 11.7 Å². The molecule has 2 N–H and O–H groups in total. The van der Waals surface area contributed by atoms with E-state index in [4.69, 9.17) is 5.73 Å². The molecule has 1 aromatic carbocycles. The molecule has 1 aromatic rings. The summed E-state index contributed by atoms with van der Waals surface area (Å²) in [5, 5.41) is 10.8. The van der Waals surface area contributed by atoms with Crippen molar-refractivity contribution in [3.8, 4) is 0 Å². The molecule has 0 aliphatic heterocycles. The first-order valence-corrected chi connectivity index (χ1v) is 9.61. The third-order valence-corrected chi connectivity index (χ3v) is 5.97. The summed E-state index contributed by atoms with van der Waals surface area (Å²) in [6, 6.07) is 4.68. The first-order valence-electron chi connectivity index (χ1n) is 8.17. The molecular formula is C16H26N4O5S. The van der Waals surface area contributed by atoms with Gasteiger partial charge in [0.05, 0.1) is 16.4 Å². The number of hydrogen-bond donors (Lipinski definition) is 1. The van der Waals surface area contributed by atoms with Crippen molar-refractivity contribution in [1.82, 2.24) is 9.21 Å². The maximum Gasteiger partial charge on any atom is 0.270 e. The maximum absolute atomic E-state index is 12.5. The van der Waals surface area contributed by atoms with Gasteiger partial charge in [-0.2, -0.15) is 4.31 Å². The predicted molar refractivity (Wildman–Crippen MR) is 98.0 cm³/mol. The highest BCUT2D eigenvalue weighted by Crippen LogP contribution is 2.20. The van der Waals surface area contributed by atoms with Gasteiger partial charge in [0, 0.05) is 38.8 Å². The van der Waals surface area contributed by atoms with Crippen molar-refractivity contribution in [3.05, 3.63) is 34.4 Å². The monoisotopic (exact) mass is 386 g/mol. The number of nitrogens with zero attached hydrogens (tertiary/aromatic N) is 3. The van der Waals surface area contributed by atoms with Gasteiger partial charge in [-0.25, -0.2) is 8.42 Å². The van der Waals surface area contributed by atoms with E-state index in [0.29, 0.717) is 13.0 Å². The van der Waals surface area contributed by atoms with Crippen LogP contribution in [0.15, 0.2) is 29.2 Å². The number of benzene rings is 1. The Balaban J connectivity index is 2.79. The first-order chi connectivity index (χ1) is 12.0. The van der Waals surface area contributed by atoms with E-state index in [2.05, 4.69) is 0 Å². The van der Waals surface area contributed by atoms with Gasteiger partial charge in [0.25, 0.3) is 5.69 Å². The summed E-state index contributed by atoms with van der Waals surface area (Å²) in [5.74, 6) is -0.0899. The molecule has 1 amide bonds. The number of nitro groups is 1. The molecule has 0 radical (unpaired) electrons. The topological polar surface area (TPSA) is 127 Å². The van der Waals surface area contributed by atoms with Gasteiger partial charge in [0.1, 0.15) is 0 Å².